The topological polar surface area (TPSA) is 31.2 Å². The van der Waals surface area contributed by atoms with Crippen molar-refractivity contribution in [2.24, 2.45) is 0 Å². The van der Waals surface area contributed by atoms with Crippen molar-refractivity contribution in [1.82, 2.24) is 4.57 Å². The normalized spacial score (nSPS) is 16.4. The molecule has 3 heteroatoms. The molecule has 1 aromatic heterocycles. The molecule has 0 bridgehead atoms. The van der Waals surface area contributed by atoms with E-state index in [0.717, 1.165) is 6.42 Å². The zero-order valence-electron chi connectivity index (χ0n) is 11.0. The van der Waals surface area contributed by atoms with E-state index in [4.69, 9.17) is 4.74 Å². The molecule has 0 spiro atoms. The molecule has 0 amide bonds. The number of hydrogen-bond donors (Lipinski definition) is 0. The highest BCUT2D eigenvalue weighted by Gasteiger charge is 2.19. The van der Waals surface area contributed by atoms with E-state index in [-0.39, 0.29) is 12.0 Å². The second kappa shape index (κ2) is 4.94. The summed E-state index contributed by atoms with van der Waals surface area (Å²) < 4.78 is 7.46. The third kappa shape index (κ3) is 2.54. The molecule has 0 saturated carbocycles. The maximum atomic E-state index is 10.9. The van der Waals surface area contributed by atoms with Crippen LogP contribution in [0, 0.1) is 6.92 Å². The summed E-state index contributed by atoms with van der Waals surface area (Å²) in [6, 6.07) is 2.53. The Kier molecular flexibility index (Phi) is 3.55. The summed E-state index contributed by atoms with van der Waals surface area (Å²) in [7, 11) is 0. The van der Waals surface area contributed by atoms with Crippen LogP contribution in [0.15, 0.2) is 6.07 Å². The zero-order valence-corrected chi connectivity index (χ0v) is 11.0. The number of rotatable bonds is 3. The molecule has 0 aliphatic heterocycles. The number of aromatic nitrogens is 1. The molecule has 0 fully saturated rings. The van der Waals surface area contributed by atoms with Gasteiger partial charge in [-0.05, 0) is 51.2 Å². The number of esters is 1. The Morgan fingerprint density at radius 2 is 2.18 bits per heavy atom. The van der Waals surface area contributed by atoms with Crippen molar-refractivity contribution < 1.29 is 9.53 Å². The summed E-state index contributed by atoms with van der Waals surface area (Å²) in [5.41, 5.74) is 4.23. The first-order chi connectivity index (χ1) is 8.09. The van der Waals surface area contributed by atoms with Crippen LogP contribution in [0.2, 0.25) is 0 Å². The van der Waals surface area contributed by atoms with Gasteiger partial charge in [-0.25, -0.2) is 0 Å². The van der Waals surface area contributed by atoms with Crippen molar-refractivity contribution in [3.05, 3.63) is 23.0 Å². The number of aryl methyl sites for hydroxylation is 2. The van der Waals surface area contributed by atoms with Crippen LogP contribution in [0.3, 0.4) is 0 Å². The van der Waals surface area contributed by atoms with E-state index < -0.39 is 0 Å². The van der Waals surface area contributed by atoms with Gasteiger partial charge >= 0.3 is 5.97 Å². The van der Waals surface area contributed by atoms with E-state index in [2.05, 4.69) is 24.5 Å². The molecule has 0 N–H and O–H groups in total. The highest BCUT2D eigenvalue weighted by atomic mass is 16.5. The maximum Gasteiger partial charge on any atom is 0.302 e. The van der Waals surface area contributed by atoms with Crippen molar-refractivity contribution in [3.63, 3.8) is 0 Å². The number of fused-ring (bicyclic) bond motifs is 1. The molecular formula is C14H21NO2. The fourth-order valence-electron chi connectivity index (χ4n) is 2.80. The first-order valence-corrected chi connectivity index (χ1v) is 6.42. The van der Waals surface area contributed by atoms with Gasteiger partial charge in [-0.2, -0.15) is 0 Å². The quantitative estimate of drug-likeness (QED) is 0.754. The number of carbonyl (C=O) groups is 1. The molecule has 1 aliphatic carbocycles. The SMILES string of the molecule is CC(=O)OCC(C)n1c(C)cc2c1CCCC2. The molecule has 0 radical (unpaired) electrons. The van der Waals surface area contributed by atoms with Crippen molar-refractivity contribution in [3.8, 4) is 0 Å². The lowest BCUT2D eigenvalue weighted by Crippen LogP contribution is -2.18. The molecule has 1 aliphatic rings. The van der Waals surface area contributed by atoms with E-state index in [1.807, 2.05) is 0 Å². The number of ether oxygens (including phenoxy) is 1. The molecule has 1 heterocycles. The standard InChI is InChI=1S/C14H21NO2/c1-10-8-13-6-4-5-7-14(13)15(10)11(2)9-17-12(3)16/h8,11H,4-7,9H2,1-3H3. The molecule has 0 aromatic carbocycles. The highest BCUT2D eigenvalue weighted by molar-refractivity contribution is 5.65. The zero-order chi connectivity index (χ0) is 12.4. The van der Waals surface area contributed by atoms with Gasteiger partial charge in [0.1, 0.15) is 6.61 Å². The van der Waals surface area contributed by atoms with Crippen LogP contribution in [-0.2, 0) is 22.4 Å². The van der Waals surface area contributed by atoms with E-state index in [1.54, 1.807) is 0 Å². The lowest BCUT2D eigenvalue weighted by molar-refractivity contribution is -0.141. The van der Waals surface area contributed by atoms with E-state index in [9.17, 15) is 4.79 Å². The highest BCUT2D eigenvalue weighted by Crippen LogP contribution is 2.27. The van der Waals surface area contributed by atoms with Crippen molar-refractivity contribution >= 4 is 5.97 Å². The number of nitrogens with zero attached hydrogens (tertiary/aromatic N) is 1. The minimum absolute atomic E-state index is 0.199. The van der Waals surface area contributed by atoms with Gasteiger partial charge in [0.05, 0.1) is 6.04 Å². The lowest BCUT2D eigenvalue weighted by atomic mass is 9.98. The third-order valence-electron chi connectivity index (χ3n) is 3.50. The molecular weight excluding hydrogens is 214 g/mol. The predicted octanol–water partition coefficient (Wildman–Crippen LogP) is 2.80. The van der Waals surface area contributed by atoms with Gasteiger partial charge < -0.3 is 9.30 Å². The average molecular weight is 235 g/mol. The molecule has 94 valence electrons. The number of hydrogen-bond acceptors (Lipinski definition) is 2. The van der Waals surface area contributed by atoms with Crippen molar-refractivity contribution in [1.29, 1.82) is 0 Å². The number of carbonyl (C=O) groups excluding carboxylic acids is 1. The Morgan fingerprint density at radius 3 is 2.88 bits per heavy atom. The van der Waals surface area contributed by atoms with Crippen LogP contribution in [0.1, 0.15) is 49.7 Å². The van der Waals surface area contributed by atoms with Crippen LogP contribution in [-0.4, -0.2) is 17.1 Å². The van der Waals surface area contributed by atoms with E-state index >= 15 is 0 Å². The summed E-state index contributed by atoms with van der Waals surface area (Å²) in [5.74, 6) is -0.199. The van der Waals surface area contributed by atoms with E-state index in [0.29, 0.717) is 6.61 Å². The molecule has 3 nitrogen and oxygen atoms in total. The van der Waals surface area contributed by atoms with Crippen LogP contribution < -0.4 is 0 Å². The summed E-state index contributed by atoms with van der Waals surface area (Å²) in [6.07, 6.45) is 4.93. The van der Waals surface area contributed by atoms with Gasteiger partial charge in [-0.1, -0.05) is 0 Å². The smallest absolute Gasteiger partial charge is 0.302 e. The molecule has 2 rings (SSSR count). The summed E-state index contributed by atoms with van der Waals surface area (Å²) >= 11 is 0. The van der Waals surface area contributed by atoms with Gasteiger partial charge in [0.15, 0.2) is 0 Å². The van der Waals surface area contributed by atoms with Crippen molar-refractivity contribution in [2.75, 3.05) is 6.61 Å². The Labute approximate surface area is 103 Å². The largest absolute Gasteiger partial charge is 0.464 e. The monoisotopic (exact) mass is 235 g/mol. The molecule has 0 saturated heterocycles. The van der Waals surface area contributed by atoms with Crippen LogP contribution >= 0.6 is 0 Å². The van der Waals surface area contributed by atoms with Crippen molar-refractivity contribution in [2.45, 2.75) is 52.5 Å². The predicted molar refractivity (Wildman–Crippen MR) is 67.2 cm³/mol. The first kappa shape index (κ1) is 12.2. The summed E-state index contributed by atoms with van der Waals surface area (Å²) in [5, 5.41) is 0. The van der Waals surface area contributed by atoms with Gasteiger partial charge in [0.2, 0.25) is 0 Å². The Balaban J connectivity index is 2.19. The second-order valence-electron chi connectivity index (χ2n) is 4.99. The lowest BCUT2D eigenvalue weighted by Gasteiger charge is -2.22. The third-order valence-corrected chi connectivity index (χ3v) is 3.50. The van der Waals surface area contributed by atoms with Crippen LogP contribution in [0.5, 0.6) is 0 Å². The van der Waals surface area contributed by atoms with E-state index in [1.165, 1.54) is 43.1 Å². The molecule has 1 atom stereocenters. The minimum Gasteiger partial charge on any atom is -0.464 e. The van der Waals surface area contributed by atoms with Gasteiger partial charge in [-0.3, -0.25) is 4.79 Å². The molecule has 1 aromatic rings. The van der Waals surface area contributed by atoms with Crippen LogP contribution in [0.4, 0.5) is 0 Å². The summed E-state index contributed by atoms with van der Waals surface area (Å²) in [6.45, 7) is 6.19. The van der Waals surface area contributed by atoms with Gasteiger partial charge in [-0.15, -0.1) is 0 Å². The first-order valence-electron chi connectivity index (χ1n) is 6.42. The summed E-state index contributed by atoms with van der Waals surface area (Å²) in [4.78, 5) is 10.9. The fourth-order valence-corrected chi connectivity index (χ4v) is 2.80. The molecule has 17 heavy (non-hydrogen) atoms. The van der Waals surface area contributed by atoms with Gasteiger partial charge in [0, 0.05) is 18.3 Å². The molecule has 1 unspecified atom stereocenters. The minimum atomic E-state index is -0.199. The average Bonchev–Trinajstić information content (AvgIpc) is 2.61. The Bertz CT molecular complexity index is 420. The van der Waals surface area contributed by atoms with Crippen LogP contribution in [0.25, 0.3) is 0 Å². The Hall–Kier alpha value is -1.25. The second-order valence-corrected chi connectivity index (χ2v) is 4.99. The Morgan fingerprint density at radius 1 is 1.47 bits per heavy atom. The van der Waals surface area contributed by atoms with Gasteiger partial charge in [0.25, 0.3) is 0 Å². The fraction of sp³-hybridized carbons (Fsp3) is 0.643. The maximum absolute atomic E-state index is 10.9.